The van der Waals surface area contributed by atoms with Crippen LogP contribution in [0.25, 0.3) is 0 Å². The highest BCUT2D eigenvalue weighted by Gasteiger charge is 2.37. The Bertz CT molecular complexity index is 2580. The number of ketones is 1. The normalized spacial score (nSPS) is 24.5. The maximum Gasteiger partial charge on any atom is 0.306 e. The van der Waals surface area contributed by atoms with Crippen molar-refractivity contribution in [2.45, 2.75) is 193 Å². The number of benzene rings is 1. The SMILES string of the molecule is CBr.CC(=O)CC1CCN(C)C1.CN1CCC(F)(F)C1.CN1CCC(N(C)C)C1.CN1CCCC1.CN1CCCCC1=O.CN1CCC[C@@H]1CO.CN1CCC[C@H]1CO.CN1CCOCC1.CN1CC[C@@H](CC(=O)OC(C)(C)C)C1.CN1C[C@@H]2C[C@H]1CO2.Cc1ccccc1.Cc1cccnc1.Cc1ccncc1. The molecule has 7 atom stereocenters. The van der Waals surface area contributed by atoms with Crippen molar-refractivity contribution >= 4 is 33.6 Å². The Hall–Kier alpha value is -4.09. The average molecular weight is 1610 g/mol. The third-order valence-electron chi connectivity index (χ3n) is 20.5. The van der Waals surface area contributed by atoms with Crippen molar-refractivity contribution in [2.75, 3.05) is 228 Å². The number of morpholine rings is 2. The smallest absolute Gasteiger partial charge is 0.306 e. The van der Waals surface area contributed by atoms with E-state index in [0.29, 0.717) is 67.9 Å². The Morgan fingerprint density at radius 1 is 0.578 bits per heavy atom. The zero-order chi connectivity index (χ0) is 81.7. The third kappa shape index (κ3) is 53.6. The van der Waals surface area contributed by atoms with Crippen LogP contribution in [0.3, 0.4) is 0 Å². The van der Waals surface area contributed by atoms with Crippen LogP contribution in [0.4, 0.5) is 8.78 Å². The van der Waals surface area contributed by atoms with E-state index in [1.165, 1.54) is 107 Å². The third-order valence-corrected chi connectivity index (χ3v) is 20.5. The first-order valence-electron chi connectivity index (χ1n) is 40.4. The number of ether oxygens (including phenoxy) is 3. The van der Waals surface area contributed by atoms with Crippen LogP contribution < -0.4 is 0 Å². The Balaban J connectivity index is 0.000000592. The van der Waals surface area contributed by atoms with E-state index in [1.54, 1.807) is 42.4 Å². The number of likely N-dealkylation sites (N-methyl/N-ethyl adjacent to an activating group) is 6. The number of hydrogen-bond donors (Lipinski definition) is 2. The van der Waals surface area contributed by atoms with E-state index in [2.05, 4.69) is 160 Å². The molecule has 3 aromatic rings. The maximum atomic E-state index is 12.2. The van der Waals surface area contributed by atoms with E-state index in [1.807, 2.05) is 96.2 Å². The van der Waals surface area contributed by atoms with Gasteiger partial charge in [0, 0.05) is 134 Å². The van der Waals surface area contributed by atoms with E-state index in [4.69, 9.17) is 24.4 Å². The number of hydrogen-bond acceptors (Lipinski definition) is 20. The van der Waals surface area contributed by atoms with Crippen molar-refractivity contribution in [1.82, 2.24) is 63.9 Å². The first-order chi connectivity index (χ1) is 51.7. The van der Waals surface area contributed by atoms with Crippen molar-refractivity contribution < 1.29 is 47.6 Å². The number of fused-ring (bicyclic) bond motifs is 2. The summed E-state index contributed by atoms with van der Waals surface area (Å²) in [5.74, 6) is 1.12. The van der Waals surface area contributed by atoms with Gasteiger partial charge in [-0.15, -0.1) is 0 Å². The molecule has 24 heteroatoms. The van der Waals surface area contributed by atoms with Crippen LogP contribution in [0.5, 0.6) is 0 Å². The van der Waals surface area contributed by atoms with Gasteiger partial charge >= 0.3 is 5.97 Å². The van der Waals surface area contributed by atoms with Gasteiger partial charge < -0.3 is 78.2 Å². The lowest BCUT2D eigenvalue weighted by Gasteiger charge is -2.21. The molecule has 2 unspecified atom stereocenters. The van der Waals surface area contributed by atoms with Crippen molar-refractivity contribution in [3.63, 3.8) is 0 Å². The van der Waals surface area contributed by atoms with Gasteiger partial charge in [-0.2, -0.15) is 0 Å². The second-order valence-corrected chi connectivity index (χ2v) is 32.7. The summed E-state index contributed by atoms with van der Waals surface area (Å²) >= 11 is 2.94. The Morgan fingerprint density at radius 3 is 1.34 bits per heavy atom. The van der Waals surface area contributed by atoms with Crippen molar-refractivity contribution in [3.05, 3.63) is 96.1 Å². The second-order valence-electron chi connectivity index (χ2n) is 32.7. The lowest BCUT2D eigenvalue weighted by molar-refractivity contribution is -0.155. The molecule has 2 bridgehead atoms. The number of halogens is 3. The molecule has 0 radical (unpaired) electrons. The van der Waals surface area contributed by atoms with Crippen LogP contribution in [-0.4, -0.2) is 362 Å². The summed E-state index contributed by atoms with van der Waals surface area (Å²) in [5.41, 5.74) is 3.45. The van der Waals surface area contributed by atoms with Crippen LogP contribution >= 0.6 is 15.9 Å². The fraction of sp³-hybridized carbons (Fsp3) is 0.776. The van der Waals surface area contributed by atoms with Crippen molar-refractivity contribution in [1.29, 1.82) is 0 Å². The molecule has 2 N–H and O–H groups in total. The van der Waals surface area contributed by atoms with Gasteiger partial charge in [0.05, 0.1) is 45.7 Å². The number of carbonyl (C=O) groups excluding carboxylic acids is 3. The van der Waals surface area contributed by atoms with Gasteiger partial charge in [0.15, 0.2) is 0 Å². The molecule has 14 rings (SSSR count). The van der Waals surface area contributed by atoms with Gasteiger partial charge in [-0.1, -0.05) is 57.9 Å². The molecule has 11 aliphatic heterocycles. The minimum atomic E-state index is -2.41. The number of rotatable bonds is 7. The lowest BCUT2D eigenvalue weighted by atomic mass is 10.0. The van der Waals surface area contributed by atoms with E-state index < -0.39 is 5.92 Å². The van der Waals surface area contributed by atoms with Crippen LogP contribution in [-0.2, 0) is 28.6 Å². The number of piperidine rings is 1. The molecule has 1 aromatic carbocycles. The van der Waals surface area contributed by atoms with Gasteiger partial charge in [0.25, 0.3) is 5.92 Å². The molecule has 21 nitrogen and oxygen atoms in total. The lowest BCUT2D eigenvalue weighted by Crippen LogP contribution is -2.33. The minimum absolute atomic E-state index is 0.0312. The van der Waals surface area contributed by atoms with Crippen molar-refractivity contribution in [2.24, 2.45) is 11.8 Å². The number of aliphatic hydroxyl groups excluding tert-OH is 2. The quantitative estimate of drug-likeness (QED) is 0.168. The number of alkyl halides is 3. The van der Waals surface area contributed by atoms with Gasteiger partial charge in [-0.05, 0) is 296 Å². The summed E-state index contributed by atoms with van der Waals surface area (Å²) in [6, 6.07) is 20.6. The number of aromatic nitrogens is 2. The molecule has 11 fully saturated rings. The molecule has 11 aliphatic rings. The molecule has 109 heavy (non-hydrogen) atoms. The molecule has 0 spiro atoms. The van der Waals surface area contributed by atoms with E-state index in [9.17, 15) is 23.2 Å². The fourth-order valence-corrected chi connectivity index (χ4v) is 13.5. The largest absolute Gasteiger partial charge is 0.460 e. The standard InChI is InChI=1S/C11H21NO2.C8H15NO.C7H16N2.C7H8.C6H11NO.2C6H13NO.C6H11NO.2C6H7N.C5H9F2N.C5H11NO.C5H11N.CH3Br/c1-11(2,3)14-10(13)7-9-5-6-12(4)8-9;1-7(10)5-8-3-4-9(2)6-8;1-8(2)7-4-5-9(3)6-7;1-7-5-3-2-4-6-7;1-7-3-6-2-5(7)4-8-6;2*1-7-4-2-3-6(7)5-8;1-7-5-3-2-4-6(7)8;1-6-2-4-7-5-3-6;1-6-3-2-4-7-5-6;1-8-3-2-5(6,7)4-8;1-6-2-4-7-5-3-6;1-6-4-2-3-5-6;1-2/h9H,5-8H2,1-4H3;8H,3-6H2,1-2H3;7H,4-6H2,1-3H3;2-6H,1H3;5-6H,2-4H2,1H3;2*6,8H,2-5H2,1H3;2-5H2,1H3;2*2-5H,1H3;2-4H2,1H3;2-5H2,1H3;2-5H2,1H3;1H3/t9-;;;;5-,6-;2*6-;;;;;;;/m0...010......./s1. The summed E-state index contributed by atoms with van der Waals surface area (Å²) in [5, 5.41) is 17.4. The highest BCUT2D eigenvalue weighted by Crippen LogP contribution is 2.27. The summed E-state index contributed by atoms with van der Waals surface area (Å²) in [4.78, 5) is 64.7. The Morgan fingerprint density at radius 2 is 1.09 bits per heavy atom. The van der Waals surface area contributed by atoms with Crippen LogP contribution in [0, 0.1) is 32.6 Å². The highest BCUT2D eigenvalue weighted by atomic mass is 79.9. The first-order valence-corrected chi connectivity index (χ1v) is 42.0. The topological polar surface area (TPSA) is 181 Å². The number of carbonyl (C=O) groups is 3. The Labute approximate surface area is 670 Å². The highest BCUT2D eigenvalue weighted by molar-refractivity contribution is 9.08. The molecule has 11 saturated heterocycles. The van der Waals surface area contributed by atoms with Gasteiger partial charge in [0.2, 0.25) is 5.91 Å². The molecule has 1 amide bonds. The zero-order valence-corrected chi connectivity index (χ0v) is 73.6. The van der Waals surface area contributed by atoms with Crippen molar-refractivity contribution in [3.8, 4) is 0 Å². The molecular formula is C85H156BrF2N13O8. The summed E-state index contributed by atoms with van der Waals surface area (Å²) in [6.07, 6.45) is 24.8. The monoisotopic (exact) mass is 1600 g/mol. The predicted molar refractivity (Wildman–Crippen MR) is 450 cm³/mol. The molecule has 0 aliphatic carbocycles. The molecule has 2 aromatic heterocycles. The van der Waals surface area contributed by atoms with Crippen LogP contribution in [0.2, 0.25) is 0 Å². The maximum absolute atomic E-state index is 12.2. The Kier molecular flexibility index (Phi) is 57.1. The fourth-order valence-electron chi connectivity index (χ4n) is 13.5. The van der Waals surface area contributed by atoms with E-state index >= 15 is 0 Å². The number of aryl methyl sites for hydroxylation is 3. The molecule has 630 valence electrons. The minimum Gasteiger partial charge on any atom is -0.460 e. The zero-order valence-electron chi connectivity index (χ0n) is 72.0. The number of nitrogens with zero attached hydrogens (tertiary/aromatic N) is 13. The van der Waals surface area contributed by atoms with Crippen LogP contribution in [0.1, 0.15) is 147 Å². The predicted octanol–water partition coefficient (Wildman–Crippen LogP) is 11.1. The van der Waals surface area contributed by atoms with E-state index in [-0.39, 0.29) is 24.5 Å². The summed E-state index contributed by atoms with van der Waals surface area (Å²) < 4.78 is 40.1. The van der Waals surface area contributed by atoms with Gasteiger partial charge in [0.1, 0.15) is 11.4 Å². The first kappa shape index (κ1) is 103. The number of Topliss-reactive ketones (excluding diaryl/α,β-unsaturated/α-hetero) is 1. The molecular weight excluding hydrogens is 1450 g/mol. The van der Waals surface area contributed by atoms with Crippen LogP contribution in [0.15, 0.2) is 79.4 Å². The summed E-state index contributed by atoms with van der Waals surface area (Å²) in [7, 11) is 24.9. The van der Waals surface area contributed by atoms with E-state index in [0.717, 1.165) is 123 Å². The van der Waals surface area contributed by atoms with Gasteiger partial charge in [-0.3, -0.25) is 24.5 Å². The average Bonchev–Trinajstić information content (AvgIpc) is 1.69. The number of amides is 1. The number of pyridine rings is 2. The molecule has 13 heterocycles. The summed E-state index contributed by atoms with van der Waals surface area (Å²) in [6.45, 7) is 33.7. The number of likely N-dealkylation sites (tertiary alicyclic amines) is 9. The number of esters is 1. The van der Waals surface area contributed by atoms with Gasteiger partial charge in [-0.25, -0.2) is 8.78 Å². The second kappa shape index (κ2) is 60.5. The number of aliphatic hydroxyl groups is 2. The molecule has 0 saturated carbocycles.